The lowest BCUT2D eigenvalue weighted by atomic mass is 9.99. The SMILES string of the molecule is c1ccc(-c2nc(-c3ccccc3)nc(-c3cccc4oc5ccc6ccc(-n7c8ccccc8c8cc9ccccc9cc87)cc6c5c34)n2)cc1. The molecule has 0 aliphatic rings. The van der Waals surface area contributed by atoms with Gasteiger partial charge in [-0.05, 0) is 64.0 Å². The lowest BCUT2D eigenvalue weighted by Crippen LogP contribution is -2.00. The van der Waals surface area contributed by atoms with Gasteiger partial charge in [0.25, 0.3) is 0 Å². The fourth-order valence-corrected chi connectivity index (χ4v) is 7.81. The average Bonchev–Trinajstić information content (AvgIpc) is 3.76. The van der Waals surface area contributed by atoms with Crippen molar-refractivity contribution in [3.63, 3.8) is 0 Å². The van der Waals surface area contributed by atoms with Crippen LogP contribution in [0.5, 0.6) is 0 Å². The highest BCUT2D eigenvalue weighted by Gasteiger charge is 2.20. The molecule has 52 heavy (non-hydrogen) atoms. The summed E-state index contributed by atoms with van der Waals surface area (Å²) in [4.78, 5) is 15.1. The predicted molar refractivity (Wildman–Crippen MR) is 213 cm³/mol. The van der Waals surface area contributed by atoms with Crippen molar-refractivity contribution in [1.29, 1.82) is 0 Å². The van der Waals surface area contributed by atoms with Crippen molar-refractivity contribution in [2.24, 2.45) is 0 Å². The van der Waals surface area contributed by atoms with Gasteiger partial charge in [-0.3, -0.25) is 0 Å². The van der Waals surface area contributed by atoms with Gasteiger partial charge in [-0.15, -0.1) is 0 Å². The summed E-state index contributed by atoms with van der Waals surface area (Å²) in [6.45, 7) is 0. The van der Waals surface area contributed by atoms with Gasteiger partial charge in [0, 0.05) is 43.9 Å². The number of furan rings is 1. The smallest absolute Gasteiger partial charge is 0.164 e. The van der Waals surface area contributed by atoms with Crippen molar-refractivity contribution in [2.45, 2.75) is 0 Å². The zero-order valence-corrected chi connectivity index (χ0v) is 27.9. The van der Waals surface area contributed by atoms with E-state index in [9.17, 15) is 0 Å². The Morgan fingerprint density at radius 2 is 1.02 bits per heavy atom. The summed E-state index contributed by atoms with van der Waals surface area (Å²) in [6, 6.07) is 59.2. The maximum atomic E-state index is 6.59. The Balaban J connectivity index is 1.19. The van der Waals surface area contributed by atoms with Crippen LogP contribution < -0.4 is 0 Å². The van der Waals surface area contributed by atoms with Crippen molar-refractivity contribution in [3.05, 3.63) is 170 Å². The fraction of sp³-hybridized carbons (Fsp3) is 0. The quantitative estimate of drug-likeness (QED) is 0.188. The Bertz CT molecular complexity index is 3120. The van der Waals surface area contributed by atoms with E-state index in [2.05, 4.69) is 102 Å². The van der Waals surface area contributed by atoms with Crippen LogP contribution >= 0.6 is 0 Å². The first-order valence-corrected chi connectivity index (χ1v) is 17.4. The lowest BCUT2D eigenvalue weighted by molar-refractivity contribution is 0.669. The van der Waals surface area contributed by atoms with E-state index < -0.39 is 0 Å². The van der Waals surface area contributed by atoms with Crippen LogP contribution in [0.2, 0.25) is 0 Å². The van der Waals surface area contributed by atoms with E-state index in [0.29, 0.717) is 17.5 Å². The third-order valence-corrected chi connectivity index (χ3v) is 10.2. The van der Waals surface area contributed by atoms with Crippen molar-refractivity contribution < 1.29 is 4.42 Å². The topological polar surface area (TPSA) is 56.7 Å². The van der Waals surface area contributed by atoms with Crippen LogP contribution in [0, 0.1) is 0 Å². The predicted octanol–water partition coefficient (Wildman–Crippen LogP) is 12.2. The molecular formula is C47H28N4O. The second kappa shape index (κ2) is 11.2. The number of para-hydroxylation sites is 1. The molecule has 3 heterocycles. The highest BCUT2D eigenvalue weighted by Crippen LogP contribution is 2.42. The van der Waals surface area contributed by atoms with E-state index in [4.69, 9.17) is 19.4 Å². The number of benzene rings is 8. The molecule has 0 radical (unpaired) electrons. The molecule has 0 aliphatic heterocycles. The zero-order chi connectivity index (χ0) is 34.2. The molecule has 0 atom stereocenters. The van der Waals surface area contributed by atoms with E-state index in [0.717, 1.165) is 55.1 Å². The molecule has 0 N–H and O–H groups in total. The third kappa shape index (κ3) is 4.39. The number of aromatic nitrogens is 4. The summed E-state index contributed by atoms with van der Waals surface area (Å²) in [5, 5.41) is 9.18. The molecule has 11 aromatic rings. The van der Waals surface area contributed by atoms with Crippen LogP contribution in [0.25, 0.3) is 105 Å². The molecule has 3 aromatic heterocycles. The van der Waals surface area contributed by atoms with Crippen LogP contribution in [-0.4, -0.2) is 19.5 Å². The molecule has 0 bridgehead atoms. The van der Waals surface area contributed by atoms with E-state index in [-0.39, 0.29) is 0 Å². The van der Waals surface area contributed by atoms with Gasteiger partial charge in [0.15, 0.2) is 17.5 Å². The molecule has 0 spiro atoms. The Hall–Kier alpha value is -7.11. The van der Waals surface area contributed by atoms with Crippen molar-refractivity contribution in [3.8, 4) is 39.9 Å². The fourth-order valence-electron chi connectivity index (χ4n) is 7.81. The number of hydrogen-bond donors (Lipinski definition) is 0. The van der Waals surface area contributed by atoms with Gasteiger partial charge in [-0.1, -0.05) is 127 Å². The standard InChI is InChI=1S/C47H28N4O/c1-3-12-30(13-4-1)45-48-46(31-14-5-2-6-15-31)50-47(49-45)36-19-11-21-41-43(36)44-37-28-34(24-22-29(37)23-25-42(44)52-41)51-39-20-10-9-18-35(39)38-26-32-16-7-8-17-33(32)27-40(38)51/h1-28H. The van der Waals surface area contributed by atoms with Gasteiger partial charge in [0.2, 0.25) is 0 Å². The molecule has 242 valence electrons. The summed E-state index contributed by atoms with van der Waals surface area (Å²) < 4.78 is 8.99. The first-order valence-electron chi connectivity index (χ1n) is 17.4. The minimum absolute atomic E-state index is 0.600. The summed E-state index contributed by atoms with van der Waals surface area (Å²) in [7, 11) is 0. The number of fused-ring (bicyclic) bond motifs is 9. The second-order valence-corrected chi connectivity index (χ2v) is 13.2. The summed E-state index contributed by atoms with van der Waals surface area (Å²) in [5.74, 6) is 1.85. The first-order chi connectivity index (χ1) is 25.8. The minimum atomic E-state index is 0.600. The molecule has 11 rings (SSSR count). The first kappa shape index (κ1) is 28.7. The molecule has 5 nitrogen and oxygen atoms in total. The van der Waals surface area contributed by atoms with Crippen LogP contribution in [0.15, 0.2) is 174 Å². The van der Waals surface area contributed by atoms with Crippen molar-refractivity contribution >= 4 is 65.3 Å². The number of nitrogens with zero attached hydrogens (tertiary/aromatic N) is 4. The Labute approximate surface area is 298 Å². The molecule has 0 unspecified atom stereocenters. The summed E-state index contributed by atoms with van der Waals surface area (Å²) in [5.41, 5.74) is 7.81. The van der Waals surface area contributed by atoms with Crippen LogP contribution in [0.3, 0.4) is 0 Å². The van der Waals surface area contributed by atoms with Crippen molar-refractivity contribution in [2.75, 3.05) is 0 Å². The summed E-state index contributed by atoms with van der Waals surface area (Å²) in [6.07, 6.45) is 0. The third-order valence-electron chi connectivity index (χ3n) is 10.2. The van der Waals surface area contributed by atoms with Gasteiger partial charge in [0.05, 0.1) is 11.0 Å². The second-order valence-electron chi connectivity index (χ2n) is 13.2. The molecule has 0 fully saturated rings. The molecule has 5 heteroatoms. The Morgan fingerprint density at radius 3 is 1.79 bits per heavy atom. The monoisotopic (exact) mass is 664 g/mol. The van der Waals surface area contributed by atoms with Crippen LogP contribution in [0.4, 0.5) is 0 Å². The minimum Gasteiger partial charge on any atom is -0.456 e. The average molecular weight is 665 g/mol. The molecule has 0 saturated carbocycles. The van der Waals surface area contributed by atoms with Gasteiger partial charge in [-0.25, -0.2) is 15.0 Å². The van der Waals surface area contributed by atoms with E-state index >= 15 is 0 Å². The highest BCUT2D eigenvalue weighted by atomic mass is 16.3. The van der Waals surface area contributed by atoms with E-state index in [1.807, 2.05) is 72.8 Å². The van der Waals surface area contributed by atoms with Crippen molar-refractivity contribution in [1.82, 2.24) is 19.5 Å². The largest absolute Gasteiger partial charge is 0.456 e. The molecule has 0 amide bonds. The maximum Gasteiger partial charge on any atom is 0.164 e. The molecule has 0 aliphatic carbocycles. The highest BCUT2D eigenvalue weighted by molar-refractivity contribution is 6.23. The number of hydrogen-bond acceptors (Lipinski definition) is 4. The molecular weight excluding hydrogens is 637 g/mol. The zero-order valence-electron chi connectivity index (χ0n) is 27.9. The lowest BCUT2D eigenvalue weighted by Gasteiger charge is -2.11. The van der Waals surface area contributed by atoms with E-state index in [1.165, 1.54) is 32.6 Å². The number of rotatable bonds is 4. The Kier molecular flexibility index (Phi) is 6.18. The van der Waals surface area contributed by atoms with E-state index in [1.54, 1.807) is 0 Å². The summed E-state index contributed by atoms with van der Waals surface area (Å²) >= 11 is 0. The molecule has 0 saturated heterocycles. The normalized spacial score (nSPS) is 11.8. The molecule has 8 aromatic carbocycles. The van der Waals surface area contributed by atoms with Gasteiger partial charge in [-0.2, -0.15) is 0 Å². The van der Waals surface area contributed by atoms with Crippen LogP contribution in [0.1, 0.15) is 0 Å². The van der Waals surface area contributed by atoms with Crippen LogP contribution in [-0.2, 0) is 0 Å². The van der Waals surface area contributed by atoms with Gasteiger partial charge < -0.3 is 8.98 Å². The van der Waals surface area contributed by atoms with Gasteiger partial charge in [0.1, 0.15) is 11.2 Å². The Morgan fingerprint density at radius 1 is 0.385 bits per heavy atom. The van der Waals surface area contributed by atoms with Gasteiger partial charge >= 0.3 is 0 Å². The maximum absolute atomic E-state index is 6.59.